The zero-order chi connectivity index (χ0) is 13.0. The maximum Gasteiger partial charge on any atom is 0.0402 e. The van der Waals surface area contributed by atoms with E-state index in [1.807, 2.05) is 7.05 Å². The summed E-state index contributed by atoms with van der Waals surface area (Å²) in [6, 6.07) is 14.8. The Kier molecular flexibility index (Phi) is 3.88. The van der Waals surface area contributed by atoms with Crippen LogP contribution in [0.3, 0.4) is 0 Å². The van der Waals surface area contributed by atoms with Crippen LogP contribution in [0.4, 0.5) is 11.4 Å². The van der Waals surface area contributed by atoms with Crippen LogP contribution < -0.4 is 10.6 Å². The molecule has 2 rings (SSSR count). The van der Waals surface area contributed by atoms with E-state index in [4.69, 9.17) is 0 Å². The Morgan fingerprint density at radius 1 is 0.944 bits per heavy atom. The Bertz CT molecular complexity index is 512. The summed E-state index contributed by atoms with van der Waals surface area (Å²) >= 11 is 0. The molecule has 0 heterocycles. The third-order valence-corrected chi connectivity index (χ3v) is 3.17. The van der Waals surface area contributed by atoms with Crippen molar-refractivity contribution in [2.45, 2.75) is 20.4 Å². The molecule has 2 N–H and O–H groups in total. The lowest BCUT2D eigenvalue weighted by Gasteiger charge is -2.13. The van der Waals surface area contributed by atoms with Crippen molar-refractivity contribution in [3.63, 3.8) is 0 Å². The van der Waals surface area contributed by atoms with Gasteiger partial charge in [-0.3, -0.25) is 0 Å². The average Bonchev–Trinajstić information content (AvgIpc) is 2.38. The van der Waals surface area contributed by atoms with Crippen LogP contribution in [-0.4, -0.2) is 7.05 Å². The number of benzene rings is 2. The van der Waals surface area contributed by atoms with Gasteiger partial charge in [0.2, 0.25) is 0 Å². The molecule has 94 valence electrons. The summed E-state index contributed by atoms with van der Waals surface area (Å²) < 4.78 is 0. The number of rotatable bonds is 4. The zero-order valence-electron chi connectivity index (χ0n) is 11.2. The maximum absolute atomic E-state index is 3.52. The lowest BCUT2D eigenvalue weighted by molar-refractivity contribution is 1.13. The topological polar surface area (TPSA) is 24.1 Å². The highest BCUT2D eigenvalue weighted by Crippen LogP contribution is 2.20. The van der Waals surface area contributed by atoms with Gasteiger partial charge in [-0.15, -0.1) is 0 Å². The predicted octanol–water partition coefficient (Wildman–Crippen LogP) is 3.96. The van der Waals surface area contributed by atoms with Gasteiger partial charge in [0, 0.05) is 25.0 Å². The molecule has 0 aliphatic rings. The highest BCUT2D eigenvalue weighted by atomic mass is 14.9. The van der Waals surface area contributed by atoms with Crippen LogP contribution in [0.5, 0.6) is 0 Å². The first-order valence-corrected chi connectivity index (χ1v) is 6.27. The quantitative estimate of drug-likeness (QED) is 0.845. The van der Waals surface area contributed by atoms with Crippen LogP contribution in [0.15, 0.2) is 42.5 Å². The van der Waals surface area contributed by atoms with Crippen molar-refractivity contribution in [2.24, 2.45) is 0 Å². The fourth-order valence-corrected chi connectivity index (χ4v) is 2.12. The van der Waals surface area contributed by atoms with Crippen molar-refractivity contribution >= 4 is 11.4 Å². The molecule has 0 aromatic heterocycles. The van der Waals surface area contributed by atoms with E-state index in [0.29, 0.717) is 0 Å². The van der Waals surface area contributed by atoms with Gasteiger partial charge in [0.05, 0.1) is 0 Å². The van der Waals surface area contributed by atoms with E-state index in [0.717, 1.165) is 12.2 Å². The molecule has 0 saturated heterocycles. The average molecular weight is 240 g/mol. The number of aryl methyl sites for hydroxylation is 2. The van der Waals surface area contributed by atoms with E-state index >= 15 is 0 Å². The van der Waals surface area contributed by atoms with Crippen LogP contribution >= 0.6 is 0 Å². The van der Waals surface area contributed by atoms with Crippen molar-refractivity contribution in [3.8, 4) is 0 Å². The van der Waals surface area contributed by atoms with E-state index in [1.54, 1.807) is 0 Å². The summed E-state index contributed by atoms with van der Waals surface area (Å²) in [5.41, 5.74) is 6.26. The third kappa shape index (κ3) is 2.83. The van der Waals surface area contributed by atoms with E-state index in [9.17, 15) is 0 Å². The van der Waals surface area contributed by atoms with Gasteiger partial charge in [-0.2, -0.15) is 0 Å². The van der Waals surface area contributed by atoms with Gasteiger partial charge >= 0.3 is 0 Å². The molecule has 0 saturated carbocycles. The van der Waals surface area contributed by atoms with Gasteiger partial charge in [0.25, 0.3) is 0 Å². The molecule has 0 unspecified atom stereocenters. The summed E-state index contributed by atoms with van der Waals surface area (Å²) in [5.74, 6) is 0. The second-order valence-electron chi connectivity index (χ2n) is 4.57. The van der Waals surface area contributed by atoms with Crippen molar-refractivity contribution in [1.29, 1.82) is 0 Å². The number of anilines is 2. The number of hydrogen-bond donors (Lipinski definition) is 2. The molecule has 0 radical (unpaired) electrons. The van der Waals surface area contributed by atoms with E-state index in [1.165, 1.54) is 22.4 Å². The van der Waals surface area contributed by atoms with Crippen LogP contribution in [-0.2, 0) is 6.54 Å². The van der Waals surface area contributed by atoms with Gasteiger partial charge in [-0.1, -0.05) is 30.3 Å². The highest BCUT2D eigenvalue weighted by molar-refractivity contribution is 5.57. The van der Waals surface area contributed by atoms with Crippen LogP contribution in [0, 0.1) is 13.8 Å². The summed E-state index contributed by atoms with van der Waals surface area (Å²) in [5, 5.41) is 6.68. The minimum absolute atomic E-state index is 0.848. The van der Waals surface area contributed by atoms with Crippen molar-refractivity contribution in [1.82, 2.24) is 0 Å². The molecule has 18 heavy (non-hydrogen) atoms. The molecule has 0 amide bonds. The number of nitrogens with one attached hydrogen (secondary N) is 2. The fraction of sp³-hybridized carbons (Fsp3) is 0.250. The molecule has 0 aliphatic heterocycles. The Morgan fingerprint density at radius 3 is 2.28 bits per heavy atom. The van der Waals surface area contributed by atoms with Crippen LogP contribution in [0.1, 0.15) is 16.7 Å². The molecule has 2 heteroatoms. The van der Waals surface area contributed by atoms with Gasteiger partial charge in [0.1, 0.15) is 0 Å². The molecule has 2 aromatic rings. The Morgan fingerprint density at radius 2 is 1.61 bits per heavy atom. The number of hydrogen-bond acceptors (Lipinski definition) is 2. The summed E-state index contributed by atoms with van der Waals surface area (Å²) in [7, 11) is 1.94. The first-order chi connectivity index (χ1) is 8.70. The van der Waals surface area contributed by atoms with Gasteiger partial charge in [-0.25, -0.2) is 0 Å². The number of para-hydroxylation sites is 1. The first-order valence-electron chi connectivity index (χ1n) is 6.27. The van der Waals surface area contributed by atoms with Gasteiger partial charge < -0.3 is 10.6 Å². The first kappa shape index (κ1) is 12.5. The monoisotopic (exact) mass is 240 g/mol. The molecule has 0 bridgehead atoms. The summed E-state index contributed by atoms with van der Waals surface area (Å²) in [6.45, 7) is 5.12. The standard InChI is InChI=1S/C16H20N2/c1-12-6-4-7-13(2)16(12)18-11-14-8-5-9-15(10-14)17-3/h4-10,17-18H,11H2,1-3H3. The predicted molar refractivity (Wildman–Crippen MR) is 79.2 cm³/mol. The molecular weight excluding hydrogens is 220 g/mol. The SMILES string of the molecule is CNc1cccc(CNc2c(C)cccc2C)c1. The smallest absolute Gasteiger partial charge is 0.0402 e. The molecule has 0 atom stereocenters. The van der Waals surface area contributed by atoms with Crippen molar-refractivity contribution in [2.75, 3.05) is 17.7 Å². The maximum atomic E-state index is 3.52. The lowest BCUT2D eigenvalue weighted by atomic mass is 10.1. The Balaban J connectivity index is 2.11. The van der Waals surface area contributed by atoms with E-state index in [-0.39, 0.29) is 0 Å². The highest BCUT2D eigenvalue weighted by Gasteiger charge is 2.01. The van der Waals surface area contributed by atoms with E-state index in [2.05, 4.69) is 66.9 Å². The second kappa shape index (κ2) is 5.58. The summed E-state index contributed by atoms with van der Waals surface area (Å²) in [4.78, 5) is 0. The lowest BCUT2D eigenvalue weighted by Crippen LogP contribution is -2.03. The summed E-state index contributed by atoms with van der Waals surface area (Å²) in [6.07, 6.45) is 0. The van der Waals surface area contributed by atoms with Crippen LogP contribution in [0.2, 0.25) is 0 Å². The minimum atomic E-state index is 0.848. The fourth-order valence-electron chi connectivity index (χ4n) is 2.12. The normalized spacial score (nSPS) is 10.2. The molecule has 2 nitrogen and oxygen atoms in total. The van der Waals surface area contributed by atoms with Gasteiger partial charge in [-0.05, 0) is 42.7 Å². The molecule has 0 spiro atoms. The van der Waals surface area contributed by atoms with Crippen molar-refractivity contribution < 1.29 is 0 Å². The Hall–Kier alpha value is -1.96. The molecule has 0 fully saturated rings. The molecule has 0 aliphatic carbocycles. The Labute approximate surface area is 109 Å². The minimum Gasteiger partial charge on any atom is -0.388 e. The van der Waals surface area contributed by atoms with E-state index < -0.39 is 0 Å². The largest absolute Gasteiger partial charge is 0.388 e. The second-order valence-corrected chi connectivity index (χ2v) is 4.57. The molecule has 2 aromatic carbocycles. The van der Waals surface area contributed by atoms with Gasteiger partial charge in [0.15, 0.2) is 0 Å². The molecular formula is C16H20N2. The van der Waals surface area contributed by atoms with Crippen molar-refractivity contribution in [3.05, 3.63) is 59.2 Å². The zero-order valence-corrected chi connectivity index (χ0v) is 11.2. The van der Waals surface area contributed by atoms with Crippen LogP contribution in [0.25, 0.3) is 0 Å². The third-order valence-electron chi connectivity index (χ3n) is 3.17.